The molecule has 1 unspecified atom stereocenters. The van der Waals surface area contributed by atoms with Crippen LogP contribution >= 0.6 is 23.2 Å². The van der Waals surface area contributed by atoms with E-state index in [1.54, 1.807) is 65.5 Å². The van der Waals surface area contributed by atoms with Gasteiger partial charge in [0.1, 0.15) is 5.37 Å². The molecule has 24 heavy (non-hydrogen) atoms. The number of hydrogen-bond acceptors (Lipinski definition) is 3. The highest BCUT2D eigenvalue weighted by Crippen LogP contribution is 2.31. The van der Waals surface area contributed by atoms with Gasteiger partial charge in [-0.1, -0.05) is 47.5 Å². The maximum Gasteiger partial charge on any atom is 0.200 e. The molecule has 7 heteroatoms. The van der Waals surface area contributed by atoms with Crippen LogP contribution in [0.5, 0.6) is 0 Å². The molecule has 0 saturated carbocycles. The van der Waals surface area contributed by atoms with Crippen LogP contribution in [-0.2, 0) is 16.3 Å². The number of imidazole rings is 1. The van der Waals surface area contributed by atoms with Gasteiger partial charge in [-0.3, -0.25) is 0 Å². The summed E-state index contributed by atoms with van der Waals surface area (Å²) in [6.45, 7) is 0. The van der Waals surface area contributed by atoms with Gasteiger partial charge in [0.05, 0.1) is 11.2 Å². The third kappa shape index (κ3) is 3.48. The smallest absolute Gasteiger partial charge is 0.200 e. The van der Waals surface area contributed by atoms with Crippen LogP contribution in [0.25, 0.3) is 0 Å². The van der Waals surface area contributed by atoms with E-state index in [2.05, 4.69) is 4.98 Å². The number of nitrogens with zero attached hydrogens (tertiary/aromatic N) is 2. The summed E-state index contributed by atoms with van der Waals surface area (Å²) >= 11 is 12.1. The van der Waals surface area contributed by atoms with E-state index in [-0.39, 0.29) is 11.3 Å². The van der Waals surface area contributed by atoms with Gasteiger partial charge >= 0.3 is 0 Å². The summed E-state index contributed by atoms with van der Waals surface area (Å²) in [5.41, 5.74) is 0.708. The Morgan fingerprint density at radius 3 is 2.46 bits per heavy atom. The Bertz CT molecular complexity index is 926. The van der Waals surface area contributed by atoms with Gasteiger partial charge in [-0.05, 0) is 29.8 Å². The van der Waals surface area contributed by atoms with Crippen molar-refractivity contribution in [1.29, 1.82) is 0 Å². The minimum absolute atomic E-state index is 0.212. The third-order valence-corrected chi connectivity index (χ3v) is 6.34. The van der Waals surface area contributed by atoms with Crippen LogP contribution in [0.15, 0.2) is 72.1 Å². The zero-order chi connectivity index (χ0) is 17.2. The molecule has 1 atom stereocenters. The highest BCUT2D eigenvalue weighted by atomic mass is 35.5. The fourth-order valence-electron chi connectivity index (χ4n) is 2.46. The lowest BCUT2D eigenvalue weighted by molar-refractivity contribution is 0.543. The molecule has 0 fully saturated rings. The van der Waals surface area contributed by atoms with Crippen molar-refractivity contribution in [2.24, 2.45) is 0 Å². The van der Waals surface area contributed by atoms with E-state index >= 15 is 0 Å². The summed E-state index contributed by atoms with van der Waals surface area (Å²) in [4.78, 5) is 4.23. The molecule has 3 aromatic rings. The summed E-state index contributed by atoms with van der Waals surface area (Å²) in [5, 5.41) is 0.103. The summed E-state index contributed by atoms with van der Waals surface area (Å²) < 4.78 is 27.8. The summed E-state index contributed by atoms with van der Waals surface area (Å²) in [6.07, 6.45) is 4.89. The van der Waals surface area contributed by atoms with Crippen LogP contribution in [-0.4, -0.2) is 18.0 Å². The Labute approximate surface area is 150 Å². The first-order valence-electron chi connectivity index (χ1n) is 7.19. The molecular weight excluding hydrogens is 367 g/mol. The predicted molar refractivity (Wildman–Crippen MR) is 95.1 cm³/mol. The van der Waals surface area contributed by atoms with Crippen molar-refractivity contribution in [1.82, 2.24) is 9.55 Å². The zero-order valence-electron chi connectivity index (χ0n) is 12.5. The highest BCUT2D eigenvalue weighted by molar-refractivity contribution is 7.91. The Hall–Kier alpha value is -1.82. The van der Waals surface area contributed by atoms with Crippen molar-refractivity contribution in [3.63, 3.8) is 0 Å². The maximum atomic E-state index is 13.1. The summed E-state index contributed by atoms with van der Waals surface area (Å²) in [7, 11) is -3.62. The molecule has 0 aliphatic rings. The van der Waals surface area contributed by atoms with E-state index in [9.17, 15) is 8.42 Å². The molecule has 2 aromatic carbocycles. The second-order valence-electron chi connectivity index (χ2n) is 5.26. The molecule has 0 amide bonds. The molecule has 0 aliphatic carbocycles. The molecule has 0 bridgehead atoms. The zero-order valence-corrected chi connectivity index (χ0v) is 14.8. The minimum Gasteiger partial charge on any atom is -0.319 e. The van der Waals surface area contributed by atoms with Gasteiger partial charge in [-0.2, -0.15) is 0 Å². The van der Waals surface area contributed by atoms with Gasteiger partial charge in [0, 0.05) is 28.9 Å². The van der Waals surface area contributed by atoms with E-state index in [0.717, 1.165) is 0 Å². The Morgan fingerprint density at radius 2 is 1.83 bits per heavy atom. The lowest BCUT2D eigenvalue weighted by Gasteiger charge is -2.20. The molecule has 0 aliphatic heterocycles. The third-order valence-electron chi connectivity index (χ3n) is 3.70. The minimum atomic E-state index is -3.62. The van der Waals surface area contributed by atoms with Crippen molar-refractivity contribution < 1.29 is 8.42 Å². The Balaban J connectivity index is 2.05. The Kier molecular flexibility index (Phi) is 4.94. The first kappa shape index (κ1) is 17.0. The van der Waals surface area contributed by atoms with E-state index in [1.165, 1.54) is 6.33 Å². The first-order chi connectivity index (χ1) is 11.5. The molecule has 1 aromatic heterocycles. The number of sulfone groups is 1. The van der Waals surface area contributed by atoms with E-state index < -0.39 is 15.2 Å². The van der Waals surface area contributed by atoms with Crippen LogP contribution in [0.4, 0.5) is 0 Å². The molecule has 124 valence electrons. The topological polar surface area (TPSA) is 52.0 Å². The molecule has 1 heterocycles. The number of rotatable bonds is 5. The SMILES string of the molecule is O=S(=O)(c1ccccc1)C(Cc1ccc(Cl)cc1Cl)n1ccnc1. The Morgan fingerprint density at radius 1 is 1.08 bits per heavy atom. The van der Waals surface area contributed by atoms with Crippen molar-refractivity contribution >= 4 is 33.0 Å². The second-order valence-corrected chi connectivity index (χ2v) is 8.21. The van der Waals surface area contributed by atoms with Gasteiger partial charge in [-0.25, -0.2) is 13.4 Å². The van der Waals surface area contributed by atoms with Gasteiger partial charge in [-0.15, -0.1) is 0 Å². The van der Waals surface area contributed by atoms with Crippen LogP contribution < -0.4 is 0 Å². The van der Waals surface area contributed by atoms with Gasteiger partial charge in [0.15, 0.2) is 9.84 Å². The van der Waals surface area contributed by atoms with E-state index in [0.29, 0.717) is 15.6 Å². The molecule has 3 rings (SSSR count). The fraction of sp³-hybridized carbons (Fsp3) is 0.118. The number of hydrogen-bond donors (Lipinski definition) is 0. The highest BCUT2D eigenvalue weighted by Gasteiger charge is 2.29. The second kappa shape index (κ2) is 6.97. The van der Waals surface area contributed by atoms with Crippen molar-refractivity contribution in [2.75, 3.05) is 0 Å². The largest absolute Gasteiger partial charge is 0.319 e. The average molecular weight is 381 g/mol. The quantitative estimate of drug-likeness (QED) is 0.658. The molecule has 0 radical (unpaired) electrons. The van der Waals surface area contributed by atoms with E-state index in [4.69, 9.17) is 23.2 Å². The number of halogens is 2. The number of aromatic nitrogens is 2. The van der Waals surface area contributed by atoms with Crippen molar-refractivity contribution in [3.8, 4) is 0 Å². The van der Waals surface area contributed by atoms with Gasteiger partial charge in [0.2, 0.25) is 0 Å². The monoisotopic (exact) mass is 380 g/mol. The van der Waals surface area contributed by atoms with Crippen LogP contribution in [0.1, 0.15) is 10.9 Å². The van der Waals surface area contributed by atoms with E-state index in [1.807, 2.05) is 0 Å². The average Bonchev–Trinajstić information content (AvgIpc) is 3.09. The van der Waals surface area contributed by atoms with Crippen molar-refractivity contribution in [3.05, 3.63) is 82.9 Å². The molecule has 0 spiro atoms. The molecule has 0 saturated heterocycles. The number of benzene rings is 2. The standard InChI is InChI=1S/C17H14Cl2N2O2S/c18-14-7-6-13(16(19)11-14)10-17(21-9-8-20-12-21)24(22,23)15-4-2-1-3-5-15/h1-9,11-12,17H,10H2. The lowest BCUT2D eigenvalue weighted by Crippen LogP contribution is -2.21. The molecule has 0 N–H and O–H groups in total. The first-order valence-corrected chi connectivity index (χ1v) is 9.49. The molecular formula is C17H14Cl2N2O2S. The van der Waals surface area contributed by atoms with Crippen LogP contribution in [0, 0.1) is 0 Å². The molecule has 4 nitrogen and oxygen atoms in total. The van der Waals surface area contributed by atoms with Crippen LogP contribution in [0.3, 0.4) is 0 Å². The van der Waals surface area contributed by atoms with Gasteiger partial charge < -0.3 is 4.57 Å². The normalized spacial score (nSPS) is 12.9. The van der Waals surface area contributed by atoms with Crippen LogP contribution in [0.2, 0.25) is 10.0 Å². The maximum absolute atomic E-state index is 13.1. The van der Waals surface area contributed by atoms with Gasteiger partial charge in [0.25, 0.3) is 0 Å². The summed E-state index contributed by atoms with van der Waals surface area (Å²) in [6, 6.07) is 13.4. The fourth-order valence-corrected chi connectivity index (χ4v) is 4.64. The predicted octanol–water partition coefficient (Wildman–Crippen LogP) is 4.41. The lowest BCUT2D eigenvalue weighted by atomic mass is 10.1. The van der Waals surface area contributed by atoms with Crippen molar-refractivity contribution in [2.45, 2.75) is 16.7 Å². The summed E-state index contributed by atoms with van der Waals surface area (Å²) in [5.74, 6) is 0.